The Morgan fingerprint density at radius 3 is 2.55 bits per heavy atom. The van der Waals surface area contributed by atoms with Crippen LogP contribution in [0.2, 0.25) is 0 Å². The summed E-state index contributed by atoms with van der Waals surface area (Å²) in [7, 11) is 0. The zero-order chi connectivity index (χ0) is 15.4. The average Bonchev–Trinajstić information content (AvgIpc) is 3.17. The first-order valence-corrected chi connectivity index (χ1v) is 8.03. The van der Waals surface area contributed by atoms with Gasteiger partial charge in [0.1, 0.15) is 0 Å². The van der Waals surface area contributed by atoms with E-state index in [0.29, 0.717) is 19.1 Å². The molecule has 1 unspecified atom stereocenters. The van der Waals surface area contributed by atoms with E-state index in [1.54, 1.807) is 12.1 Å². The molecule has 2 aliphatic heterocycles. The largest absolute Gasteiger partial charge is 0.350 e. The van der Waals surface area contributed by atoms with E-state index in [4.69, 9.17) is 9.47 Å². The third-order valence-corrected chi connectivity index (χ3v) is 4.50. The number of benzene rings is 1. The predicted molar refractivity (Wildman–Crippen MR) is 80.0 cm³/mol. The number of likely N-dealkylation sites (tertiary alicyclic amines) is 1. The van der Waals surface area contributed by atoms with Gasteiger partial charge in [-0.3, -0.25) is 0 Å². The Kier molecular flexibility index (Phi) is 5.39. The number of alkyl halides is 2. The van der Waals surface area contributed by atoms with Gasteiger partial charge in [0.25, 0.3) is 6.43 Å². The van der Waals surface area contributed by atoms with Crippen LogP contribution in [0.3, 0.4) is 0 Å². The fourth-order valence-electron chi connectivity index (χ4n) is 3.28. The Hall–Kier alpha value is -1.04. The van der Waals surface area contributed by atoms with E-state index in [-0.39, 0.29) is 11.9 Å². The number of rotatable bonds is 6. The first-order chi connectivity index (χ1) is 10.7. The number of hydrogen-bond acceptors (Lipinski definition) is 3. The van der Waals surface area contributed by atoms with E-state index in [0.717, 1.165) is 38.0 Å². The maximum absolute atomic E-state index is 12.5. The van der Waals surface area contributed by atoms with Crippen molar-refractivity contribution < 1.29 is 18.3 Å². The highest BCUT2D eigenvalue weighted by Crippen LogP contribution is 2.24. The third kappa shape index (κ3) is 4.24. The highest BCUT2D eigenvalue weighted by Gasteiger charge is 2.24. The second-order valence-corrected chi connectivity index (χ2v) is 6.16. The minimum atomic E-state index is -2.38. The predicted octanol–water partition coefficient (Wildman–Crippen LogP) is 3.25. The molecule has 0 amide bonds. The fourth-order valence-corrected chi connectivity index (χ4v) is 3.28. The van der Waals surface area contributed by atoms with Gasteiger partial charge in [0.15, 0.2) is 6.29 Å². The zero-order valence-corrected chi connectivity index (χ0v) is 12.7. The molecule has 3 rings (SSSR count). The standard InChI is InChI=1S/C17H23F2NO2/c18-17(19)15-3-1-13(2-4-15)11-14-5-7-20(12-14)8-6-16-21-9-10-22-16/h1-4,14,16-17H,5-12H2. The summed E-state index contributed by atoms with van der Waals surface area (Å²) >= 11 is 0. The van der Waals surface area contributed by atoms with Crippen LogP contribution in [0.4, 0.5) is 8.78 Å². The molecule has 2 fully saturated rings. The van der Waals surface area contributed by atoms with E-state index in [1.807, 2.05) is 12.1 Å². The minimum absolute atomic E-state index is 0.0269. The Morgan fingerprint density at radius 1 is 1.14 bits per heavy atom. The van der Waals surface area contributed by atoms with Crippen LogP contribution in [0.15, 0.2) is 24.3 Å². The Balaban J connectivity index is 1.42. The molecule has 0 radical (unpaired) electrons. The van der Waals surface area contributed by atoms with E-state index in [2.05, 4.69) is 4.90 Å². The van der Waals surface area contributed by atoms with Crippen LogP contribution >= 0.6 is 0 Å². The van der Waals surface area contributed by atoms with Crippen molar-refractivity contribution in [2.45, 2.75) is 32.0 Å². The average molecular weight is 311 g/mol. The molecule has 5 heteroatoms. The number of ether oxygens (including phenoxy) is 2. The van der Waals surface area contributed by atoms with Crippen LogP contribution in [0.1, 0.15) is 30.4 Å². The zero-order valence-electron chi connectivity index (χ0n) is 12.7. The molecule has 0 aliphatic carbocycles. The summed E-state index contributed by atoms with van der Waals surface area (Å²) < 4.78 is 36.0. The van der Waals surface area contributed by atoms with Gasteiger partial charge in [0.2, 0.25) is 0 Å². The molecule has 0 aromatic heterocycles. The van der Waals surface area contributed by atoms with Crippen LogP contribution in [-0.2, 0) is 15.9 Å². The lowest BCUT2D eigenvalue weighted by Gasteiger charge is -2.18. The van der Waals surface area contributed by atoms with Gasteiger partial charge in [-0.15, -0.1) is 0 Å². The summed E-state index contributed by atoms with van der Waals surface area (Å²) in [6, 6.07) is 6.76. The van der Waals surface area contributed by atoms with Crippen molar-refractivity contribution in [2.75, 3.05) is 32.8 Å². The van der Waals surface area contributed by atoms with Gasteiger partial charge in [0.05, 0.1) is 13.2 Å². The molecule has 2 heterocycles. The fraction of sp³-hybridized carbons (Fsp3) is 0.647. The number of hydrogen-bond donors (Lipinski definition) is 0. The van der Waals surface area contributed by atoms with E-state index in [9.17, 15) is 8.78 Å². The van der Waals surface area contributed by atoms with Gasteiger partial charge < -0.3 is 14.4 Å². The van der Waals surface area contributed by atoms with Gasteiger partial charge >= 0.3 is 0 Å². The van der Waals surface area contributed by atoms with Crippen molar-refractivity contribution in [1.82, 2.24) is 4.90 Å². The molecular formula is C17H23F2NO2. The monoisotopic (exact) mass is 311 g/mol. The first kappa shape index (κ1) is 15.8. The molecule has 1 atom stereocenters. The summed E-state index contributed by atoms with van der Waals surface area (Å²) in [4.78, 5) is 2.45. The van der Waals surface area contributed by atoms with Crippen LogP contribution < -0.4 is 0 Å². The summed E-state index contributed by atoms with van der Waals surface area (Å²) in [5.74, 6) is 0.614. The highest BCUT2D eigenvalue weighted by atomic mass is 19.3. The molecule has 1 aromatic carbocycles. The van der Waals surface area contributed by atoms with E-state index < -0.39 is 6.43 Å². The summed E-state index contributed by atoms with van der Waals surface area (Å²) in [6.07, 6.45) is 0.659. The third-order valence-electron chi connectivity index (χ3n) is 4.50. The smallest absolute Gasteiger partial charge is 0.263 e. The van der Waals surface area contributed by atoms with Crippen molar-refractivity contribution in [1.29, 1.82) is 0 Å². The number of halogens is 2. The molecule has 2 aliphatic rings. The van der Waals surface area contributed by atoms with Gasteiger partial charge in [-0.05, 0) is 30.9 Å². The molecule has 1 aromatic rings. The molecule has 0 saturated carbocycles. The summed E-state index contributed by atoms with van der Waals surface area (Å²) in [6.45, 7) is 4.60. The summed E-state index contributed by atoms with van der Waals surface area (Å²) in [5, 5.41) is 0. The van der Waals surface area contributed by atoms with Crippen LogP contribution in [0.5, 0.6) is 0 Å². The quantitative estimate of drug-likeness (QED) is 0.805. The normalized spacial score (nSPS) is 23.7. The molecule has 0 spiro atoms. The maximum Gasteiger partial charge on any atom is 0.263 e. The second-order valence-electron chi connectivity index (χ2n) is 6.16. The summed E-state index contributed by atoms with van der Waals surface area (Å²) in [5.41, 5.74) is 1.26. The van der Waals surface area contributed by atoms with Crippen molar-refractivity contribution in [3.05, 3.63) is 35.4 Å². The lowest BCUT2D eigenvalue weighted by atomic mass is 9.98. The van der Waals surface area contributed by atoms with E-state index in [1.165, 1.54) is 6.42 Å². The van der Waals surface area contributed by atoms with Crippen molar-refractivity contribution in [3.8, 4) is 0 Å². The molecule has 122 valence electrons. The lowest BCUT2D eigenvalue weighted by Crippen LogP contribution is -2.26. The minimum Gasteiger partial charge on any atom is -0.350 e. The Labute approximate surface area is 130 Å². The highest BCUT2D eigenvalue weighted by molar-refractivity contribution is 5.23. The van der Waals surface area contributed by atoms with Crippen LogP contribution in [0, 0.1) is 5.92 Å². The topological polar surface area (TPSA) is 21.7 Å². The van der Waals surface area contributed by atoms with Gasteiger partial charge in [-0.25, -0.2) is 8.78 Å². The first-order valence-electron chi connectivity index (χ1n) is 8.03. The number of nitrogens with zero attached hydrogens (tertiary/aromatic N) is 1. The SMILES string of the molecule is FC(F)c1ccc(CC2CCN(CCC3OCCO3)C2)cc1. The Morgan fingerprint density at radius 2 is 1.86 bits per heavy atom. The maximum atomic E-state index is 12.5. The van der Waals surface area contributed by atoms with Gasteiger partial charge in [-0.1, -0.05) is 24.3 Å². The lowest BCUT2D eigenvalue weighted by molar-refractivity contribution is -0.0507. The van der Waals surface area contributed by atoms with Crippen molar-refractivity contribution >= 4 is 0 Å². The second kappa shape index (κ2) is 7.49. The Bertz CT molecular complexity index is 460. The van der Waals surface area contributed by atoms with Gasteiger partial charge in [0, 0.05) is 25.1 Å². The molecule has 3 nitrogen and oxygen atoms in total. The molecule has 0 N–H and O–H groups in total. The van der Waals surface area contributed by atoms with Crippen LogP contribution in [-0.4, -0.2) is 44.0 Å². The molecule has 2 saturated heterocycles. The van der Waals surface area contributed by atoms with Gasteiger partial charge in [-0.2, -0.15) is 0 Å². The van der Waals surface area contributed by atoms with Crippen LogP contribution in [0.25, 0.3) is 0 Å². The molecule has 0 bridgehead atoms. The van der Waals surface area contributed by atoms with E-state index >= 15 is 0 Å². The molecule has 22 heavy (non-hydrogen) atoms. The van der Waals surface area contributed by atoms with Crippen molar-refractivity contribution in [3.63, 3.8) is 0 Å². The van der Waals surface area contributed by atoms with Crippen molar-refractivity contribution in [2.24, 2.45) is 5.92 Å². The molecular weight excluding hydrogens is 288 g/mol.